The number of ether oxygens (including phenoxy) is 1. The highest BCUT2D eigenvalue weighted by molar-refractivity contribution is 7.21. The van der Waals surface area contributed by atoms with Crippen molar-refractivity contribution in [1.29, 1.82) is 0 Å². The molecule has 0 saturated carbocycles. The fraction of sp³-hybridized carbons (Fsp3) is 0.314. The molecule has 0 atom stereocenters. The normalized spacial score (nSPS) is 16.8. The van der Waals surface area contributed by atoms with Crippen molar-refractivity contribution in [3.05, 3.63) is 117 Å². The fourth-order valence-corrected chi connectivity index (χ4v) is 7.98. The molecular weight excluding hydrogens is 587 g/mol. The minimum absolute atomic E-state index is 0.00208. The molecule has 7 rings (SSSR count). The van der Waals surface area contributed by atoms with E-state index in [1.165, 1.54) is 24.9 Å². The third kappa shape index (κ3) is 6.66. The maximum absolute atomic E-state index is 13.9. The molecule has 44 heavy (non-hydrogen) atoms. The van der Waals surface area contributed by atoms with Gasteiger partial charge in [-0.05, 0) is 54.1 Å². The second kappa shape index (κ2) is 13.5. The monoisotopic (exact) mass is 623 g/mol. The first kappa shape index (κ1) is 29.0. The number of para-hydroxylation sites is 1. The number of rotatable bonds is 9. The van der Waals surface area contributed by atoms with E-state index in [4.69, 9.17) is 4.74 Å². The Morgan fingerprint density at radius 3 is 2.20 bits per heavy atom. The predicted octanol–water partition coefficient (Wildman–Crippen LogP) is 6.39. The van der Waals surface area contributed by atoms with Gasteiger partial charge in [-0.25, -0.2) is 0 Å². The van der Waals surface area contributed by atoms with E-state index in [0.29, 0.717) is 5.75 Å². The molecule has 2 aliphatic heterocycles. The molecule has 0 amide bonds. The summed E-state index contributed by atoms with van der Waals surface area (Å²) in [7, 11) is 0. The quantitative estimate of drug-likeness (QED) is 0.190. The van der Waals surface area contributed by atoms with Crippen LogP contribution in [0.5, 0.6) is 5.75 Å². The fourth-order valence-electron chi connectivity index (χ4n) is 6.09. The van der Waals surface area contributed by atoms with Gasteiger partial charge in [-0.1, -0.05) is 54.6 Å². The zero-order valence-corrected chi connectivity index (χ0v) is 26.4. The van der Waals surface area contributed by atoms with E-state index in [1.54, 1.807) is 11.3 Å². The number of piperidine rings is 1. The number of aromatic nitrogens is 2. The molecule has 5 heterocycles. The van der Waals surface area contributed by atoms with Gasteiger partial charge in [-0.2, -0.15) is 9.78 Å². The topological polar surface area (TPSA) is 53.8 Å². The van der Waals surface area contributed by atoms with Gasteiger partial charge >= 0.3 is 5.56 Å². The Labute approximate surface area is 266 Å². The SMILES string of the molecule is O=c1c(OC2CCN(Cc3ccccc3)CC2)c(N2CCN(Cc3ccc(-c4cccs4)s3)CC2)cnn1-c1ccccc1. The third-order valence-corrected chi connectivity index (χ3v) is 10.6. The van der Waals surface area contributed by atoms with Crippen LogP contribution in [0.25, 0.3) is 15.4 Å². The van der Waals surface area contributed by atoms with Crippen LogP contribution in [0.4, 0.5) is 5.69 Å². The van der Waals surface area contributed by atoms with Crippen molar-refractivity contribution in [3.8, 4) is 21.2 Å². The molecule has 7 nitrogen and oxygen atoms in total. The number of hydrogen-bond donors (Lipinski definition) is 0. The van der Waals surface area contributed by atoms with E-state index in [0.717, 1.165) is 76.6 Å². The van der Waals surface area contributed by atoms with Crippen LogP contribution in [0.3, 0.4) is 0 Å². The number of nitrogens with zero attached hydrogens (tertiary/aromatic N) is 5. The molecule has 5 aromatic rings. The van der Waals surface area contributed by atoms with Crippen LogP contribution in [0.2, 0.25) is 0 Å². The molecule has 0 aliphatic carbocycles. The maximum Gasteiger partial charge on any atom is 0.316 e. The second-order valence-electron chi connectivity index (χ2n) is 11.5. The number of anilines is 1. The summed E-state index contributed by atoms with van der Waals surface area (Å²) < 4.78 is 8.11. The summed E-state index contributed by atoms with van der Waals surface area (Å²) in [5.41, 5.74) is 2.69. The van der Waals surface area contributed by atoms with Gasteiger partial charge in [-0.15, -0.1) is 22.7 Å². The highest BCUT2D eigenvalue weighted by Crippen LogP contribution is 2.33. The molecule has 2 fully saturated rings. The van der Waals surface area contributed by atoms with Gasteiger partial charge < -0.3 is 9.64 Å². The van der Waals surface area contributed by atoms with E-state index in [1.807, 2.05) is 47.9 Å². The Bertz CT molecular complexity index is 1690. The Kier molecular flexibility index (Phi) is 8.88. The average molecular weight is 624 g/mol. The minimum Gasteiger partial charge on any atom is -0.483 e. The van der Waals surface area contributed by atoms with Gasteiger partial charge in [0.2, 0.25) is 5.75 Å². The summed E-state index contributed by atoms with van der Waals surface area (Å²) in [6, 6.07) is 29.0. The summed E-state index contributed by atoms with van der Waals surface area (Å²) in [5, 5.41) is 6.75. The Morgan fingerprint density at radius 2 is 1.48 bits per heavy atom. The zero-order valence-electron chi connectivity index (χ0n) is 24.8. The summed E-state index contributed by atoms with van der Waals surface area (Å²) >= 11 is 3.67. The Hall–Kier alpha value is -3.76. The number of likely N-dealkylation sites (tertiary alicyclic amines) is 1. The Morgan fingerprint density at radius 1 is 0.750 bits per heavy atom. The van der Waals surface area contributed by atoms with Crippen LogP contribution in [-0.4, -0.2) is 65.0 Å². The summed E-state index contributed by atoms with van der Waals surface area (Å²) in [4.78, 5) is 25.3. The summed E-state index contributed by atoms with van der Waals surface area (Å²) in [6.07, 6.45) is 3.61. The summed E-state index contributed by atoms with van der Waals surface area (Å²) in [5.74, 6) is 0.428. The van der Waals surface area contributed by atoms with Crippen LogP contribution in [0, 0.1) is 0 Å². The standard InChI is InChI=1S/C35H37N5O2S2/c41-35-34(42-29-15-17-37(18-16-29)25-27-8-3-1-4-9-27)31(24-36-40(35)28-10-5-2-6-11-28)39-21-19-38(20-22-39)26-30-13-14-33(44-30)32-12-7-23-43-32/h1-14,23-24,29H,15-22,25-26H2. The molecular formula is C35H37N5O2S2. The first-order valence-corrected chi connectivity index (χ1v) is 17.1. The molecule has 0 N–H and O–H groups in total. The van der Waals surface area contributed by atoms with Crippen molar-refractivity contribution in [2.45, 2.75) is 32.0 Å². The van der Waals surface area contributed by atoms with Gasteiger partial charge in [-0.3, -0.25) is 14.6 Å². The average Bonchev–Trinajstić information content (AvgIpc) is 3.77. The lowest BCUT2D eigenvalue weighted by Crippen LogP contribution is -2.47. The first-order chi connectivity index (χ1) is 21.7. The Balaban J connectivity index is 1.04. The zero-order chi connectivity index (χ0) is 29.7. The van der Waals surface area contributed by atoms with Gasteiger partial charge in [0.05, 0.1) is 11.9 Å². The largest absolute Gasteiger partial charge is 0.483 e. The number of hydrogen-bond acceptors (Lipinski definition) is 8. The van der Waals surface area contributed by atoms with Crippen LogP contribution in [0.15, 0.2) is 101 Å². The minimum atomic E-state index is -0.192. The van der Waals surface area contributed by atoms with Crippen LogP contribution < -0.4 is 15.2 Å². The number of piperazine rings is 1. The predicted molar refractivity (Wildman–Crippen MR) is 180 cm³/mol. The lowest BCUT2D eigenvalue weighted by molar-refractivity contribution is 0.0953. The van der Waals surface area contributed by atoms with E-state index < -0.39 is 0 Å². The maximum atomic E-state index is 13.9. The van der Waals surface area contributed by atoms with Crippen molar-refractivity contribution in [3.63, 3.8) is 0 Å². The molecule has 0 unspecified atom stereocenters. The molecule has 2 aliphatic rings. The van der Waals surface area contributed by atoms with E-state index in [2.05, 4.69) is 79.8 Å². The molecule has 2 aromatic carbocycles. The molecule has 0 spiro atoms. The molecule has 3 aromatic heterocycles. The van der Waals surface area contributed by atoms with Gasteiger partial charge in [0, 0.05) is 67.0 Å². The third-order valence-electron chi connectivity index (χ3n) is 8.50. The van der Waals surface area contributed by atoms with Crippen molar-refractivity contribution < 1.29 is 4.74 Å². The highest BCUT2D eigenvalue weighted by atomic mass is 32.1. The van der Waals surface area contributed by atoms with Crippen LogP contribution in [-0.2, 0) is 13.1 Å². The van der Waals surface area contributed by atoms with Gasteiger partial charge in [0.1, 0.15) is 11.8 Å². The second-order valence-corrected chi connectivity index (χ2v) is 13.6. The smallest absolute Gasteiger partial charge is 0.316 e. The van der Waals surface area contributed by atoms with Crippen LogP contribution >= 0.6 is 22.7 Å². The first-order valence-electron chi connectivity index (χ1n) is 15.4. The van der Waals surface area contributed by atoms with Crippen molar-refractivity contribution >= 4 is 28.4 Å². The summed E-state index contributed by atoms with van der Waals surface area (Å²) in [6.45, 7) is 7.28. The molecule has 0 bridgehead atoms. The highest BCUT2D eigenvalue weighted by Gasteiger charge is 2.27. The number of thiophene rings is 2. The van der Waals surface area contributed by atoms with Crippen molar-refractivity contribution in [1.82, 2.24) is 19.6 Å². The molecule has 9 heteroatoms. The lowest BCUT2D eigenvalue weighted by Gasteiger charge is -2.37. The molecule has 0 radical (unpaired) electrons. The van der Waals surface area contributed by atoms with Gasteiger partial charge in [0.15, 0.2) is 0 Å². The lowest BCUT2D eigenvalue weighted by atomic mass is 10.1. The molecule has 2 saturated heterocycles. The van der Waals surface area contributed by atoms with Crippen molar-refractivity contribution in [2.75, 3.05) is 44.2 Å². The van der Waals surface area contributed by atoms with E-state index in [9.17, 15) is 4.79 Å². The van der Waals surface area contributed by atoms with Crippen molar-refractivity contribution in [2.24, 2.45) is 0 Å². The van der Waals surface area contributed by atoms with Crippen LogP contribution in [0.1, 0.15) is 23.3 Å². The van der Waals surface area contributed by atoms with Gasteiger partial charge in [0.25, 0.3) is 0 Å². The van der Waals surface area contributed by atoms with E-state index >= 15 is 0 Å². The van der Waals surface area contributed by atoms with E-state index in [-0.39, 0.29) is 11.7 Å². The number of benzene rings is 2. The molecule has 226 valence electrons.